The van der Waals surface area contributed by atoms with Gasteiger partial charge in [0.05, 0.1) is 6.42 Å². The number of hydrogen-bond acceptors (Lipinski definition) is 6. The van der Waals surface area contributed by atoms with Gasteiger partial charge in [-0.3, -0.25) is 24.6 Å². The second-order valence-corrected chi connectivity index (χ2v) is 5.80. The van der Waals surface area contributed by atoms with E-state index in [1.807, 2.05) is 0 Å². The molecule has 0 aromatic rings. The van der Waals surface area contributed by atoms with Gasteiger partial charge in [-0.05, 0) is 12.5 Å². The minimum atomic E-state index is -1.18. The minimum absolute atomic E-state index is 0.0421. The molecule has 2 atom stereocenters. The van der Waals surface area contributed by atoms with Crippen molar-refractivity contribution >= 4 is 29.5 Å². The van der Waals surface area contributed by atoms with Crippen LogP contribution < -0.4 is 5.32 Å². The Balaban J connectivity index is 2.02. The third-order valence-corrected chi connectivity index (χ3v) is 4.62. The average Bonchev–Trinajstić information content (AvgIpc) is 2.41. The molecule has 1 unspecified atom stereocenters. The van der Waals surface area contributed by atoms with Crippen molar-refractivity contribution in [1.82, 2.24) is 10.2 Å². The van der Waals surface area contributed by atoms with Gasteiger partial charge in [-0.15, -0.1) is 11.8 Å². The van der Waals surface area contributed by atoms with Gasteiger partial charge in [0.1, 0.15) is 17.1 Å². The zero-order chi connectivity index (χ0) is 15.7. The number of thioether (sulfide) groups is 1. The van der Waals surface area contributed by atoms with Crippen molar-refractivity contribution in [2.45, 2.75) is 24.8 Å². The summed E-state index contributed by atoms with van der Waals surface area (Å²) < 4.78 is 0. The van der Waals surface area contributed by atoms with E-state index >= 15 is 0 Å². The number of aliphatic carboxylic acids is 1. The van der Waals surface area contributed by atoms with Crippen molar-refractivity contribution in [2.75, 3.05) is 12.3 Å². The number of carbonyl (C=O) groups excluding carboxylic acids is 2. The van der Waals surface area contributed by atoms with E-state index in [4.69, 9.17) is 5.11 Å². The summed E-state index contributed by atoms with van der Waals surface area (Å²) in [5.41, 5.74) is 0.551. The summed E-state index contributed by atoms with van der Waals surface area (Å²) in [6.07, 6.45) is -0.311. The van der Waals surface area contributed by atoms with Crippen molar-refractivity contribution < 1.29 is 24.4 Å². The molecular weight excluding hydrogens is 302 g/mol. The molecule has 9 nitrogen and oxygen atoms in total. The van der Waals surface area contributed by atoms with Crippen LogP contribution in [0.2, 0.25) is 0 Å². The number of amides is 2. The molecule has 2 aliphatic heterocycles. The summed E-state index contributed by atoms with van der Waals surface area (Å²) in [5.74, 6) is -1.81. The zero-order valence-electron chi connectivity index (χ0n) is 11.1. The van der Waals surface area contributed by atoms with E-state index in [9.17, 15) is 24.5 Å². The van der Waals surface area contributed by atoms with Gasteiger partial charge >= 0.3 is 5.97 Å². The van der Waals surface area contributed by atoms with Crippen LogP contribution in [0.1, 0.15) is 13.3 Å². The number of carbonyl (C=O) groups is 3. The third-order valence-electron chi connectivity index (χ3n) is 3.20. The zero-order valence-corrected chi connectivity index (χ0v) is 11.9. The number of rotatable bonds is 5. The Morgan fingerprint density at radius 2 is 2.24 bits per heavy atom. The van der Waals surface area contributed by atoms with Gasteiger partial charge in [-0.2, -0.15) is 0 Å². The molecule has 0 saturated carbocycles. The lowest BCUT2D eigenvalue weighted by Crippen LogP contribution is -2.70. The van der Waals surface area contributed by atoms with Gasteiger partial charge in [0.15, 0.2) is 0 Å². The molecule has 2 heterocycles. The Hall–Kier alpha value is -2.10. The maximum Gasteiger partial charge on any atom is 0.352 e. The molecule has 2 aliphatic rings. The second kappa shape index (κ2) is 5.72. The fourth-order valence-electron chi connectivity index (χ4n) is 2.21. The molecule has 2 N–H and O–H groups in total. The molecule has 0 aliphatic carbocycles. The van der Waals surface area contributed by atoms with E-state index in [0.29, 0.717) is 11.3 Å². The van der Waals surface area contributed by atoms with Gasteiger partial charge in [0.2, 0.25) is 12.5 Å². The van der Waals surface area contributed by atoms with Crippen molar-refractivity contribution in [2.24, 2.45) is 0 Å². The Bertz CT molecular complexity index is 560. The van der Waals surface area contributed by atoms with Crippen molar-refractivity contribution in [3.8, 4) is 0 Å². The normalized spacial score (nSPS) is 24.2. The predicted molar refractivity (Wildman–Crippen MR) is 71.8 cm³/mol. The van der Waals surface area contributed by atoms with Crippen molar-refractivity contribution in [1.29, 1.82) is 0 Å². The van der Waals surface area contributed by atoms with Crippen LogP contribution in [0, 0.1) is 10.1 Å². The van der Waals surface area contributed by atoms with Crippen LogP contribution in [0.5, 0.6) is 0 Å². The highest BCUT2D eigenvalue weighted by Gasteiger charge is 2.53. The number of nitrogens with zero attached hydrogens (tertiary/aromatic N) is 2. The van der Waals surface area contributed by atoms with Crippen LogP contribution in [0.3, 0.4) is 0 Å². The van der Waals surface area contributed by atoms with Crippen LogP contribution in [-0.4, -0.2) is 56.4 Å². The molecule has 0 bridgehead atoms. The quantitative estimate of drug-likeness (QED) is 0.394. The third kappa shape index (κ3) is 2.84. The largest absolute Gasteiger partial charge is 0.477 e. The van der Waals surface area contributed by atoms with Crippen LogP contribution in [0.25, 0.3) is 0 Å². The highest BCUT2D eigenvalue weighted by molar-refractivity contribution is 8.00. The molecule has 10 heteroatoms. The Kier molecular flexibility index (Phi) is 4.16. The van der Waals surface area contributed by atoms with E-state index in [0.717, 1.165) is 4.90 Å². The molecule has 0 aromatic carbocycles. The number of carboxylic acids is 1. The lowest BCUT2D eigenvalue weighted by molar-refractivity contribution is -0.478. The number of hydrogen-bond donors (Lipinski definition) is 2. The highest BCUT2D eigenvalue weighted by Crippen LogP contribution is 2.40. The lowest BCUT2D eigenvalue weighted by Gasteiger charge is -2.49. The van der Waals surface area contributed by atoms with Crippen LogP contribution >= 0.6 is 11.8 Å². The minimum Gasteiger partial charge on any atom is -0.477 e. The summed E-state index contributed by atoms with van der Waals surface area (Å²) in [5, 5.41) is 21.3. The summed E-state index contributed by atoms with van der Waals surface area (Å²) in [6, 6.07) is -0.822. The lowest BCUT2D eigenvalue weighted by atomic mass is 10.0. The van der Waals surface area contributed by atoms with Gasteiger partial charge < -0.3 is 10.4 Å². The monoisotopic (exact) mass is 315 g/mol. The highest BCUT2D eigenvalue weighted by atomic mass is 32.2. The molecule has 0 spiro atoms. The SMILES string of the molecule is CC1=C(C(=O)O)N2C(=O)C(NC(=O)CC[N+](=O)[O-])[C@@H]2SC1. The molecule has 114 valence electrons. The summed E-state index contributed by atoms with van der Waals surface area (Å²) in [7, 11) is 0. The van der Waals surface area contributed by atoms with E-state index in [1.54, 1.807) is 6.92 Å². The van der Waals surface area contributed by atoms with Crippen LogP contribution in [0.15, 0.2) is 11.3 Å². The summed E-state index contributed by atoms with van der Waals surface area (Å²) in [6.45, 7) is 1.14. The Morgan fingerprint density at radius 3 is 2.81 bits per heavy atom. The number of β-lactam (4-membered cyclic amide) rings is 1. The summed E-state index contributed by atoms with van der Waals surface area (Å²) in [4.78, 5) is 45.4. The molecule has 1 fully saturated rings. The standard InChI is InChI=1S/C11H13N3O6S/c1-5-4-21-10-7(12-6(15)2-3-13(19)20)9(16)14(10)8(5)11(17)18/h7,10H,2-4H2,1H3,(H,12,15)(H,17,18)/t7?,10-/m0/s1. The maximum absolute atomic E-state index is 12.0. The molecule has 0 radical (unpaired) electrons. The van der Waals surface area contributed by atoms with E-state index in [-0.39, 0.29) is 12.1 Å². The van der Waals surface area contributed by atoms with Gasteiger partial charge in [-0.1, -0.05) is 0 Å². The number of nitrogens with one attached hydrogen (secondary N) is 1. The average molecular weight is 315 g/mol. The molecule has 1 saturated heterocycles. The molecule has 2 rings (SSSR count). The fraction of sp³-hybridized carbons (Fsp3) is 0.545. The molecule has 2 amide bonds. The van der Waals surface area contributed by atoms with Crippen LogP contribution in [-0.2, 0) is 14.4 Å². The molecule has 21 heavy (non-hydrogen) atoms. The van der Waals surface area contributed by atoms with Crippen molar-refractivity contribution in [3.63, 3.8) is 0 Å². The first-order valence-electron chi connectivity index (χ1n) is 6.11. The first kappa shape index (κ1) is 15.3. The van der Waals surface area contributed by atoms with E-state index in [1.165, 1.54) is 11.8 Å². The Morgan fingerprint density at radius 1 is 1.57 bits per heavy atom. The van der Waals surface area contributed by atoms with Gasteiger partial charge in [0, 0.05) is 10.7 Å². The Labute approximate surface area is 123 Å². The second-order valence-electron chi connectivity index (χ2n) is 4.70. The van der Waals surface area contributed by atoms with E-state index < -0.39 is 40.7 Å². The first-order chi connectivity index (χ1) is 9.82. The molecule has 0 aromatic heterocycles. The maximum atomic E-state index is 12.0. The molecular formula is C11H13N3O6S. The number of fused-ring (bicyclic) bond motifs is 1. The van der Waals surface area contributed by atoms with Crippen LogP contribution in [0.4, 0.5) is 0 Å². The van der Waals surface area contributed by atoms with Gasteiger partial charge in [0.25, 0.3) is 5.91 Å². The fourth-order valence-corrected chi connectivity index (χ4v) is 3.51. The van der Waals surface area contributed by atoms with E-state index in [2.05, 4.69) is 5.32 Å². The first-order valence-corrected chi connectivity index (χ1v) is 7.16. The smallest absolute Gasteiger partial charge is 0.352 e. The number of nitro groups is 1. The topological polar surface area (TPSA) is 130 Å². The predicted octanol–water partition coefficient (Wildman–Crippen LogP) is -0.588. The van der Waals surface area contributed by atoms with Gasteiger partial charge in [-0.25, -0.2) is 4.79 Å². The number of carboxylic acid groups (broad SMARTS) is 1. The summed E-state index contributed by atoms with van der Waals surface area (Å²) >= 11 is 1.36. The van der Waals surface area contributed by atoms with Crippen molar-refractivity contribution in [3.05, 3.63) is 21.4 Å².